The SMILES string of the molecule is CN1CC(c2nc3c4cccc(Br)c4nc(N[C@@H]4CN(C(=O)OCc5ccccc5)CCNC4=O)n3n2)=CN1CC1CC1. The number of carbonyl (C=O) groups excluding carboxylic acids is 2. The molecule has 1 saturated heterocycles. The lowest BCUT2D eigenvalue weighted by atomic mass is 10.2. The van der Waals surface area contributed by atoms with Gasteiger partial charge in [0.25, 0.3) is 0 Å². The van der Waals surface area contributed by atoms with Gasteiger partial charge >= 0.3 is 6.09 Å². The molecule has 2 aromatic carbocycles. The van der Waals surface area contributed by atoms with Gasteiger partial charge in [0.05, 0.1) is 12.1 Å². The van der Waals surface area contributed by atoms with Crippen LogP contribution in [-0.4, -0.2) is 92.3 Å². The maximum atomic E-state index is 13.2. The van der Waals surface area contributed by atoms with E-state index in [4.69, 9.17) is 19.8 Å². The average molecular weight is 647 g/mol. The van der Waals surface area contributed by atoms with E-state index >= 15 is 0 Å². The summed E-state index contributed by atoms with van der Waals surface area (Å²) < 4.78 is 8.02. The van der Waals surface area contributed by atoms with E-state index in [1.165, 1.54) is 17.7 Å². The van der Waals surface area contributed by atoms with Gasteiger partial charge in [0.15, 0.2) is 11.5 Å². The van der Waals surface area contributed by atoms with Gasteiger partial charge in [-0.3, -0.25) is 4.79 Å². The standard InChI is InChI=1S/C30H32BrN9O3/c1-37-15-21(16-39(37)14-19-10-11-19)26-35-27-22-8-5-9-23(31)25(22)34-29(40(27)36-26)33-24-17-38(13-12-32-28(24)41)30(42)43-18-20-6-3-2-4-7-20/h2-9,16,19,24H,10-15,17-18H2,1H3,(H,32,41)(H,33,34)/t24-/m1/s1. The Morgan fingerprint density at radius 3 is 2.79 bits per heavy atom. The van der Waals surface area contributed by atoms with Gasteiger partial charge in [0, 0.05) is 54.9 Å². The van der Waals surface area contributed by atoms with Gasteiger partial charge in [-0.25, -0.2) is 19.8 Å². The highest BCUT2D eigenvalue weighted by molar-refractivity contribution is 9.10. The van der Waals surface area contributed by atoms with Crippen molar-refractivity contribution in [2.24, 2.45) is 5.92 Å². The van der Waals surface area contributed by atoms with Crippen molar-refractivity contribution in [3.63, 3.8) is 0 Å². The number of carbonyl (C=O) groups is 2. The molecule has 3 aliphatic rings. The lowest BCUT2D eigenvalue weighted by Crippen LogP contribution is -2.44. The molecule has 1 atom stereocenters. The van der Waals surface area contributed by atoms with E-state index in [1.807, 2.05) is 48.5 Å². The predicted molar refractivity (Wildman–Crippen MR) is 165 cm³/mol. The van der Waals surface area contributed by atoms with Crippen LogP contribution in [0.1, 0.15) is 24.2 Å². The molecular formula is C30H32BrN9O3. The molecule has 0 bridgehead atoms. The Morgan fingerprint density at radius 2 is 1.98 bits per heavy atom. The fourth-order valence-electron chi connectivity index (χ4n) is 5.44. The summed E-state index contributed by atoms with van der Waals surface area (Å²) in [7, 11) is 2.07. The van der Waals surface area contributed by atoms with Gasteiger partial charge < -0.3 is 25.3 Å². The number of halogens is 1. The molecule has 0 radical (unpaired) electrons. The predicted octanol–water partition coefficient (Wildman–Crippen LogP) is 3.50. The number of hydrogen-bond acceptors (Lipinski definition) is 9. The van der Waals surface area contributed by atoms with Crippen molar-refractivity contribution in [3.05, 3.63) is 70.6 Å². The summed E-state index contributed by atoms with van der Waals surface area (Å²) in [5, 5.41) is 16.3. The topological polar surface area (TPSA) is 120 Å². The van der Waals surface area contributed by atoms with Crippen molar-refractivity contribution in [1.29, 1.82) is 0 Å². The third kappa shape index (κ3) is 5.74. The molecule has 7 rings (SSSR count). The highest BCUT2D eigenvalue weighted by Crippen LogP contribution is 2.33. The molecule has 2 aromatic heterocycles. The number of fused-ring (bicyclic) bond motifs is 3. The minimum atomic E-state index is -0.791. The van der Waals surface area contributed by atoms with Crippen LogP contribution in [-0.2, 0) is 16.1 Å². The number of amides is 2. The first-order chi connectivity index (χ1) is 20.9. The molecule has 1 aliphatic carbocycles. The first-order valence-electron chi connectivity index (χ1n) is 14.5. The zero-order valence-electron chi connectivity index (χ0n) is 23.7. The van der Waals surface area contributed by atoms with Gasteiger partial charge in [-0.05, 0) is 52.4 Å². The number of anilines is 1. The van der Waals surface area contributed by atoms with Crippen LogP contribution in [0.5, 0.6) is 0 Å². The van der Waals surface area contributed by atoms with Gasteiger partial charge in [-0.15, -0.1) is 5.10 Å². The number of benzene rings is 2. The minimum Gasteiger partial charge on any atom is -0.445 e. The minimum absolute atomic E-state index is 0.101. The number of para-hydroxylation sites is 1. The summed E-state index contributed by atoms with van der Waals surface area (Å²) in [6, 6.07) is 14.5. The van der Waals surface area contributed by atoms with Crippen LogP contribution in [0, 0.1) is 5.92 Å². The Labute approximate surface area is 256 Å². The van der Waals surface area contributed by atoms with E-state index in [2.05, 4.69) is 49.8 Å². The molecular weight excluding hydrogens is 614 g/mol. The fraction of sp³-hybridized carbons (Fsp3) is 0.367. The zero-order chi connectivity index (χ0) is 29.5. The third-order valence-electron chi connectivity index (χ3n) is 7.99. The van der Waals surface area contributed by atoms with Crippen LogP contribution < -0.4 is 10.6 Å². The second-order valence-corrected chi connectivity index (χ2v) is 12.1. The smallest absolute Gasteiger partial charge is 0.410 e. The van der Waals surface area contributed by atoms with Crippen molar-refractivity contribution >= 4 is 56.0 Å². The Bertz CT molecular complexity index is 1720. The largest absolute Gasteiger partial charge is 0.445 e. The number of nitrogens with zero attached hydrogens (tertiary/aromatic N) is 7. The van der Waals surface area contributed by atoms with Crippen LogP contribution in [0.3, 0.4) is 0 Å². The van der Waals surface area contributed by atoms with Crippen molar-refractivity contribution in [1.82, 2.24) is 39.8 Å². The molecule has 222 valence electrons. The van der Waals surface area contributed by atoms with Crippen LogP contribution in [0.4, 0.5) is 10.7 Å². The number of hydrazine groups is 1. The summed E-state index contributed by atoms with van der Waals surface area (Å²) in [4.78, 5) is 37.5. The molecule has 0 spiro atoms. The fourth-order valence-corrected chi connectivity index (χ4v) is 5.90. The Kier molecular flexibility index (Phi) is 7.35. The van der Waals surface area contributed by atoms with E-state index < -0.39 is 12.1 Å². The van der Waals surface area contributed by atoms with E-state index in [0.717, 1.165) is 33.5 Å². The number of likely N-dealkylation sites (N-methyl/N-ethyl adjacent to an activating group) is 1. The van der Waals surface area contributed by atoms with E-state index in [0.29, 0.717) is 42.6 Å². The highest BCUT2D eigenvalue weighted by atomic mass is 79.9. The molecule has 4 heterocycles. The average Bonchev–Trinajstić information content (AvgIpc) is 3.64. The number of hydrogen-bond donors (Lipinski definition) is 2. The molecule has 0 unspecified atom stereocenters. The monoisotopic (exact) mass is 645 g/mol. The normalized spacial score (nSPS) is 19.4. The third-order valence-corrected chi connectivity index (χ3v) is 8.63. The molecule has 2 N–H and O–H groups in total. The Morgan fingerprint density at radius 1 is 1.14 bits per heavy atom. The molecule has 2 fully saturated rings. The molecule has 2 aliphatic heterocycles. The van der Waals surface area contributed by atoms with E-state index in [9.17, 15) is 9.59 Å². The quantitative estimate of drug-likeness (QED) is 0.311. The molecule has 12 nitrogen and oxygen atoms in total. The number of aromatic nitrogens is 4. The van der Waals surface area contributed by atoms with Crippen molar-refractivity contribution < 1.29 is 14.3 Å². The summed E-state index contributed by atoms with van der Waals surface area (Å²) in [6.07, 6.45) is 4.20. The molecule has 43 heavy (non-hydrogen) atoms. The lowest BCUT2D eigenvalue weighted by molar-refractivity contribution is -0.121. The second-order valence-electron chi connectivity index (χ2n) is 11.3. The van der Waals surface area contributed by atoms with Gasteiger partial charge in [-0.2, -0.15) is 4.52 Å². The van der Waals surface area contributed by atoms with Crippen molar-refractivity contribution in [3.8, 4) is 0 Å². The number of nitrogens with one attached hydrogen (secondary N) is 2. The van der Waals surface area contributed by atoms with Gasteiger partial charge in [0.1, 0.15) is 12.6 Å². The van der Waals surface area contributed by atoms with Gasteiger partial charge in [0.2, 0.25) is 11.9 Å². The molecule has 2 amide bonds. The molecule has 4 aromatic rings. The number of rotatable bonds is 7. The maximum Gasteiger partial charge on any atom is 0.410 e. The van der Waals surface area contributed by atoms with E-state index in [-0.39, 0.29) is 19.1 Å². The summed E-state index contributed by atoms with van der Waals surface area (Å²) in [5.41, 5.74) is 3.23. The second kappa shape index (κ2) is 11.5. The van der Waals surface area contributed by atoms with Gasteiger partial charge in [-0.1, -0.05) is 36.4 Å². The summed E-state index contributed by atoms with van der Waals surface area (Å²) in [5.74, 6) is 1.47. The Hall–Kier alpha value is -4.23. The van der Waals surface area contributed by atoms with Crippen LogP contribution in [0.15, 0.2) is 59.2 Å². The highest BCUT2D eigenvalue weighted by Gasteiger charge is 2.32. The van der Waals surface area contributed by atoms with Crippen molar-refractivity contribution in [2.75, 3.05) is 45.1 Å². The first kappa shape index (κ1) is 27.6. The first-order valence-corrected chi connectivity index (χ1v) is 15.3. The van der Waals surface area contributed by atoms with Crippen LogP contribution in [0.25, 0.3) is 22.1 Å². The zero-order valence-corrected chi connectivity index (χ0v) is 25.3. The summed E-state index contributed by atoms with van der Waals surface area (Å²) >= 11 is 3.63. The van der Waals surface area contributed by atoms with E-state index in [1.54, 1.807) is 4.52 Å². The van der Waals surface area contributed by atoms with Crippen molar-refractivity contribution in [2.45, 2.75) is 25.5 Å². The lowest BCUT2D eigenvalue weighted by Gasteiger charge is -2.24. The van der Waals surface area contributed by atoms with Crippen LogP contribution >= 0.6 is 15.9 Å². The molecule has 13 heteroatoms. The maximum absolute atomic E-state index is 13.2. The Balaban J connectivity index is 1.18. The summed E-state index contributed by atoms with van der Waals surface area (Å²) in [6.45, 7) is 2.60. The van der Waals surface area contributed by atoms with Crippen LogP contribution in [0.2, 0.25) is 0 Å². The number of ether oxygens (including phenoxy) is 1. The molecule has 1 saturated carbocycles.